The maximum atomic E-state index is 4.29. The SMILES string of the molecule is CC(C)C1=CN=NC(C)c2ncncc21. The number of rotatable bonds is 1. The van der Waals surface area contributed by atoms with Gasteiger partial charge in [-0.1, -0.05) is 13.8 Å². The number of aromatic nitrogens is 2. The van der Waals surface area contributed by atoms with Crippen LogP contribution in [-0.2, 0) is 0 Å². The van der Waals surface area contributed by atoms with E-state index in [2.05, 4.69) is 34.0 Å². The first-order valence-corrected chi connectivity index (χ1v) is 5.10. The second-order valence-electron chi connectivity index (χ2n) is 3.97. The molecule has 1 atom stereocenters. The molecular weight excluding hydrogens is 188 g/mol. The van der Waals surface area contributed by atoms with E-state index in [1.807, 2.05) is 19.3 Å². The third-order valence-corrected chi connectivity index (χ3v) is 2.51. The Morgan fingerprint density at radius 1 is 1.33 bits per heavy atom. The molecule has 0 bridgehead atoms. The first kappa shape index (κ1) is 9.96. The number of hydrogen-bond donors (Lipinski definition) is 0. The van der Waals surface area contributed by atoms with Crippen LogP contribution in [-0.4, -0.2) is 9.97 Å². The van der Waals surface area contributed by atoms with Gasteiger partial charge in [-0.3, -0.25) is 0 Å². The summed E-state index contributed by atoms with van der Waals surface area (Å²) >= 11 is 0. The van der Waals surface area contributed by atoms with Crippen molar-refractivity contribution in [2.75, 3.05) is 0 Å². The van der Waals surface area contributed by atoms with E-state index in [-0.39, 0.29) is 6.04 Å². The molecular formula is C11H14N4. The van der Waals surface area contributed by atoms with Gasteiger partial charge in [0.15, 0.2) is 0 Å². The minimum atomic E-state index is 0.00972. The van der Waals surface area contributed by atoms with Crippen LogP contribution in [0.2, 0.25) is 0 Å². The zero-order valence-corrected chi connectivity index (χ0v) is 9.18. The molecule has 4 heteroatoms. The molecule has 0 N–H and O–H groups in total. The van der Waals surface area contributed by atoms with E-state index in [1.165, 1.54) is 0 Å². The molecule has 0 radical (unpaired) electrons. The van der Waals surface area contributed by atoms with Gasteiger partial charge in [0.2, 0.25) is 0 Å². The van der Waals surface area contributed by atoms with Crippen LogP contribution in [0.15, 0.2) is 29.0 Å². The van der Waals surface area contributed by atoms with Crippen LogP contribution in [0.1, 0.15) is 38.1 Å². The van der Waals surface area contributed by atoms with Crippen molar-refractivity contribution in [1.82, 2.24) is 9.97 Å². The van der Waals surface area contributed by atoms with E-state index in [4.69, 9.17) is 0 Å². The van der Waals surface area contributed by atoms with Crippen LogP contribution in [0.5, 0.6) is 0 Å². The lowest BCUT2D eigenvalue weighted by Gasteiger charge is -2.12. The third-order valence-electron chi connectivity index (χ3n) is 2.51. The van der Waals surface area contributed by atoms with E-state index >= 15 is 0 Å². The van der Waals surface area contributed by atoms with E-state index in [1.54, 1.807) is 6.33 Å². The molecule has 2 rings (SSSR count). The Morgan fingerprint density at radius 2 is 2.13 bits per heavy atom. The third kappa shape index (κ3) is 1.79. The molecule has 0 amide bonds. The average molecular weight is 202 g/mol. The molecule has 15 heavy (non-hydrogen) atoms. The lowest BCUT2D eigenvalue weighted by Crippen LogP contribution is -2.02. The van der Waals surface area contributed by atoms with Crippen molar-refractivity contribution in [2.45, 2.75) is 26.8 Å². The minimum absolute atomic E-state index is 0.00972. The van der Waals surface area contributed by atoms with Crippen LogP contribution >= 0.6 is 0 Å². The topological polar surface area (TPSA) is 50.5 Å². The monoisotopic (exact) mass is 202 g/mol. The summed E-state index contributed by atoms with van der Waals surface area (Å²) in [4.78, 5) is 8.36. The molecule has 0 fully saturated rings. The lowest BCUT2D eigenvalue weighted by atomic mass is 9.95. The van der Waals surface area contributed by atoms with E-state index in [9.17, 15) is 0 Å². The summed E-state index contributed by atoms with van der Waals surface area (Å²) in [6.45, 7) is 6.26. The van der Waals surface area contributed by atoms with Gasteiger partial charge in [-0.05, 0) is 18.4 Å². The molecule has 1 unspecified atom stereocenters. The van der Waals surface area contributed by atoms with Gasteiger partial charge in [-0.25, -0.2) is 9.97 Å². The van der Waals surface area contributed by atoms with Crippen molar-refractivity contribution < 1.29 is 0 Å². The number of hydrogen-bond acceptors (Lipinski definition) is 4. The highest BCUT2D eigenvalue weighted by atomic mass is 15.1. The normalized spacial score (nSPS) is 19.7. The largest absolute Gasteiger partial charge is 0.244 e. The van der Waals surface area contributed by atoms with Crippen molar-refractivity contribution in [3.05, 3.63) is 30.0 Å². The molecule has 0 spiro atoms. The second-order valence-corrected chi connectivity index (χ2v) is 3.97. The summed E-state index contributed by atoms with van der Waals surface area (Å²) < 4.78 is 0. The van der Waals surface area contributed by atoms with Crippen LogP contribution in [0, 0.1) is 5.92 Å². The highest BCUT2D eigenvalue weighted by molar-refractivity contribution is 5.68. The molecule has 1 aliphatic heterocycles. The Kier molecular flexibility index (Phi) is 2.58. The molecule has 1 aliphatic rings. The Labute approximate surface area is 89.2 Å². The van der Waals surface area contributed by atoms with Crippen LogP contribution in [0.3, 0.4) is 0 Å². The van der Waals surface area contributed by atoms with Gasteiger partial charge in [0.25, 0.3) is 0 Å². The fourth-order valence-electron chi connectivity index (χ4n) is 1.67. The summed E-state index contributed by atoms with van der Waals surface area (Å²) in [7, 11) is 0. The Morgan fingerprint density at radius 3 is 2.87 bits per heavy atom. The molecule has 4 nitrogen and oxygen atoms in total. The van der Waals surface area contributed by atoms with Crippen molar-refractivity contribution >= 4 is 5.57 Å². The number of allylic oxidation sites excluding steroid dienone is 1. The van der Waals surface area contributed by atoms with Crippen molar-refractivity contribution in [3.63, 3.8) is 0 Å². The van der Waals surface area contributed by atoms with Crippen LogP contribution in [0.25, 0.3) is 5.57 Å². The fourth-order valence-corrected chi connectivity index (χ4v) is 1.67. The Bertz CT molecular complexity index is 420. The van der Waals surface area contributed by atoms with Gasteiger partial charge in [0, 0.05) is 11.8 Å². The highest BCUT2D eigenvalue weighted by Crippen LogP contribution is 2.31. The molecule has 0 aliphatic carbocycles. The predicted octanol–water partition coefficient (Wildman–Crippen LogP) is 3.00. The smallest absolute Gasteiger partial charge is 0.115 e. The summed E-state index contributed by atoms with van der Waals surface area (Å²) in [6.07, 6.45) is 5.23. The molecule has 0 saturated heterocycles. The van der Waals surface area contributed by atoms with E-state index in [0.717, 1.165) is 16.8 Å². The first-order valence-electron chi connectivity index (χ1n) is 5.10. The maximum absolute atomic E-state index is 4.29. The lowest BCUT2D eigenvalue weighted by molar-refractivity contribution is 0.731. The van der Waals surface area contributed by atoms with Crippen molar-refractivity contribution in [1.29, 1.82) is 0 Å². The molecule has 1 aromatic heterocycles. The Balaban J connectivity index is 2.58. The van der Waals surface area contributed by atoms with Gasteiger partial charge in [0.05, 0.1) is 11.9 Å². The molecule has 1 aromatic rings. The zero-order chi connectivity index (χ0) is 10.8. The molecule has 0 aromatic carbocycles. The maximum Gasteiger partial charge on any atom is 0.115 e. The highest BCUT2D eigenvalue weighted by Gasteiger charge is 2.18. The second kappa shape index (κ2) is 3.88. The van der Waals surface area contributed by atoms with E-state index in [0.29, 0.717) is 5.92 Å². The van der Waals surface area contributed by atoms with Gasteiger partial charge >= 0.3 is 0 Å². The van der Waals surface area contributed by atoms with Crippen molar-refractivity contribution in [3.8, 4) is 0 Å². The van der Waals surface area contributed by atoms with E-state index < -0.39 is 0 Å². The summed E-state index contributed by atoms with van der Waals surface area (Å²) in [6, 6.07) is 0.00972. The summed E-state index contributed by atoms with van der Waals surface area (Å²) in [5, 5.41) is 8.22. The van der Waals surface area contributed by atoms with Gasteiger partial charge in [0.1, 0.15) is 12.4 Å². The zero-order valence-electron chi connectivity index (χ0n) is 9.18. The van der Waals surface area contributed by atoms with Gasteiger partial charge < -0.3 is 0 Å². The predicted molar refractivity (Wildman–Crippen MR) is 58.1 cm³/mol. The van der Waals surface area contributed by atoms with Gasteiger partial charge in [-0.2, -0.15) is 10.2 Å². The summed E-state index contributed by atoms with van der Waals surface area (Å²) in [5.74, 6) is 0.402. The van der Waals surface area contributed by atoms with Crippen LogP contribution < -0.4 is 0 Å². The standard InChI is InChI=1S/C11H14N4/c1-7(2)9-5-14-15-8(3)11-10(9)4-12-6-13-11/h4-8H,1-3H3. The minimum Gasteiger partial charge on any atom is -0.244 e. The van der Waals surface area contributed by atoms with Crippen molar-refractivity contribution in [2.24, 2.45) is 16.1 Å². The number of fused-ring (bicyclic) bond motifs is 1. The summed E-state index contributed by atoms with van der Waals surface area (Å²) in [5.41, 5.74) is 3.19. The quantitative estimate of drug-likeness (QED) is 0.702. The molecule has 78 valence electrons. The fraction of sp³-hybridized carbons (Fsp3) is 0.455. The number of nitrogens with zero attached hydrogens (tertiary/aromatic N) is 4. The average Bonchev–Trinajstić information content (AvgIpc) is 2.39. The molecule has 0 saturated carbocycles. The number of azo groups is 1. The molecule has 2 heterocycles. The Hall–Kier alpha value is -1.58. The van der Waals surface area contributed by atoms with Gasteiger partial charge in [-0.15, -0.1) is 0 Å². The van der Waals surface area contributed by atoms with Crippen LogP contribution in [0.4, 0.5) is 0 Å². The first-order chi connectivity index (χ1) is 7.20.